The van der Waals surface area contributed by atoms with Gasteiger partial charge in [-0.25, -0.2) is 13.1 Å². The highest BCUT2D eigenvalue weighted by Crippen LogP contribution is 2.35. The van der Waals surface area contributed by atoms with E-state index >= 15 is 0 Å². The zero-order chi connectivity index (χ0) is 18.7. The van der Waals surface area contributed by atoms with Gasteiger partial charge in [0.25, 0.3) is 0 Å². The topological polar surface area (TPSA) is 52.6 Å². The largest absolute Gasteiger partial charge is 0.417 e. The lowest BCUT2D eigenvalue weighted by molar-refractivity contribution is -0.137. The highest BCUT2D eigenvalue weighted by molar-refractivity contribution is 7.89. The number of sulfonamides is 1. The first-order valence-corrected chi connectivity index (χ1v) is 9.73. The predicted molar refractivity (Wildman–Crippen MR) is 90.2 cm³/mol. The quantitative estimate of drug-likeness (QED) is 0.746. The lowest BCUT2D eigenvalue weighted by Crippen LogP contribution is -2.45. The van der Waals surface area contributed by atoms with Crippen molar-refractivity contribution in [3.63, 3.8) is 0 Å². The molecule has 5 nitrogen and oxygen atoms in total. The van der Waals surface area contributed by atoms with Gasteiger partial charge >= 0.3 is 6.18 Å². The molecule has 1 aromatic carbocycles. The van der Waals surface area contributed by atoms with Crippen LogP contribution in [-0.2, 0) is 16.2 Å². The summed E-state index contributed by atoms with van der Waals surface area (Å²) in [5.74, 6) is 0. The fourth-order valence-corrected chi connectivity index (χ4v) is 3.88. The first-order valence-electron chi connectivity index (χ1n) is 7.87. The first kappa shape index (κ1) is 20.4. The fraction of sp³-hybridized carbons (Fsp3) is 0.600. The maximum Gasteiger partial charge on any atom is 0.417 e. The molecule has 1 aromatic rings. The van der Waals surface area contributed by atoms with Crippen molar-refractivity contribution in [3.8, 4) is 0 Å². The number of halogens is 4. The van der Waals surface area contributed by atoms with Crippen molar-refractivity contribution in [3.05, 3.63) is 28.8 Å². The molecule has 1 fully saturated rings. The Morgan fingerprint density at radius 2 is 1.84 bits per heavy atom. The van der Waals surface area contributed by atoms with Crippen molar-refractivity contribution >= 4 is 21.6 Å². The molecule has 0 amide bonds. The SMILES string of the molecule is CN1CCN(CCCNS(=O)(=O)c2ccc(Cl)c(C(F)(F)F)c2)CC1. The minimum atomic E-state index is -4.70. The van der Waals surface area contributed by atoms with E-state index in [9.17, 15) is 21.6 Å². The van der Waals surface area contributed by atoms with E-state index < -0.39 is 31.7 Å². The van der Waals surface area contributed by atoms with Crippen LogP contribution < -0.4 is 4.72 Å². The first-order chi connectivity index (χ1) is 11.6. The molecule has 0 atom stereocenters. The zero-order valence-electron chi connectivity index (χ0n) is 13.8. The monoisotopic (exact) mass is 399 g/mol. The Balaban J connectivity index is 1.91. The van der Waals surface area contributed by atoms with Crippen LogP contribution in [0.25, 0.3) is 0 Å². The molecule has 0 aliphatic carbocycles. The van der Waals surface area contributed by atoms with Gasteiger partial charge in [-0.1, -0.05) is 11.6 Å². The molecular formula is C15H21ClF3N3O2S. The summed E-state index contributed by atoms with van der Waals surface area (Å²) in [6.07, 6.45) is -4.12. The van der Waals surface area contributed by atoms with Crippen molar-refractivity contribution in [1.82, 2.24) is 14.5 Å². The molecule has 0 unspecified atom stereocenters. The second-order valence-corrected chi connectivity index (χ2v) is 8.21. The molecule has 1 aliphatic heterocycles. The van der Waals surface area contributed by atoms with Crippen molar-refractivity contribution in [2.75, 3.05) is 46.3 Å². The molecule has 0 radical (unpaired) electrons. The molecule has 1 heterocycles. The minimum absolute atomic E-state index is 0.165. The van der Waals surface area contributed by atoms with E-state index in [4.69, 9.17) is 11.6 Å². The Kier molecular flexibility index (Phi) is 6.72. The van der Waals surface area contributed by atoms with Crippen LogP contribution in [0.5, 0.6) is 0 Å². The van der Waals surface area contributed by atoms with Crippen molar-refractivity contribution in [2.24, 2.45) is 0 Å². The standard InChI is InChI=1S/C15H21ClF3N3O2S/c1-21-7-9-22(10-8-21)6-2-5-20-25(23,24)12-3-4-14(16)13(11-12)15(17,18)19/h3-4,11,20H,2,5-10H2,1H3. The van der Waals surface area contributed by atoms with Gasteiger partial charge in [0.2, 0.25) is 10.0 Å². The summed E-state index contributed by atoms with van der Waals surface area (Å²) in [6.45, 7) is 4.70. The van der Waals surface area contributed by atoms with Gasteiger partial charge < -0.3 is 9.80 Å². The Morgan fingerprint density at radius 3 is 2.44 bits per heavy atom. The van der Waals surface area contributed by atoms with E-state index in [0.717, 1.165) is 44.9 Å². The number of rotatable bonds is 6. The molecule has 2 rings (SSSR count). The predicted octanol–water partition coefficient (Wildman–Crippen LogP) is 2.27. The third-order valence-electron chi connectivity index (χ3n) is 4.09. The minimum Gasteiger partial charge on any atom is -0.304 e. The number of alkyl halides is 3. The average Bonchev–Trinajstić information content (AvgIpc) is 2.52. The van der Waals surface area contributed by atoms with E-state index in [1.54, 1.807) is 0 Å². The number of benzene rings is 1. The number of nitrogens with one attached hydrogen (secondary N) is 1. The van der Waals surface area contributed by atoms with E-state index in [1.807, 2.05) is 7.05 Å². The second-order valence-electron chi connectivity index (χ2n) is 6.04. The highest BCUT2D eigenvalue weighted by Gasteiger charge is 2.34. The summed E-state index contributed by atoms with van der Waals surface area (Å²) in [6, 6.07) is 2.58. The molecular weight excluding hydrogens is 379 g/mol. The summed E-state index contributed by atoms with van der Waals surface area (Å²) < 4.78 is 65.2. The van der Waals surface area contributed by atoms with E-state index in [2.05, 4.69) is 14.5 Å². The number of hydrogen-bond donors (Lipinski definition) is 1. The normalized spacial score (nSPS) is 17.8. The van der Waals surface area contributed by atoms with Gasteiger partial charge in [0.15, 0.2) is 0 Å². The van der Waals surface area contributed by atoms with Gasteiger partial charge in [-0.3, -0.25) is 0 Å². The van der Waals surface area contributed by atoms with Gasteiger partial charge in [-0.15, -0.1) is 0 Å². The molecule has 0 aromatic heterocycles. The van der Waals surface area contributed by atoms with Gasteiger partial charge in [0.1, 0.15) is 0 Å². The van der Waals surface area contributed by atoms with Gasteiger partial charge in [-0.05, 0) is 38.2 Å². The zero-order valence-corrected chi connectivity index (χ0v) is 15.4. The molecule has 1 saturated heterocycles. The Bertz CT molecular complexity index is 690. The smallest absolute Gasteiger partial charge is 0.304 e. The van der Waals surface area contributed by atoms with Crippen LogP contribution in [0.15, 0.2) is 23.1 Å². The molecule has 0 bridgehead atoms. The van der Waals surface area contributed by atoms with Crippen molar-refractivity contribution in [2.45, 2.75) is 17.5 Å². The van der Waals surface area contributed by atoms with Gasteiger partial charge in [0.05, 0.1) is 15.5 Å². The summed E-state index contributed by atoms with van der Waals surface area (Å²) in [4.78, 5) is 4.01. The van der Waals surface area contributed by atoms with Gasteiger partial charge in [-0.2, -0.15) is 13.2 Å². The van der Waals surface area contributed by atoms with Crippen LogP contribution in [0.2, 0.25) is 5.02 Å². The Labute approximate surface area is 150 Å². The van der Waals surface area contributed by atoms with Crippen LogP contribution in [0.1, 0.15) is 12.0 Å². The summed E-state index contributed by atoms with van der Waals surface area (Å²) >= 11 is 5.51. The van der Waals surface area contributed by atoms with Crippen LogP contribution in [0.4, 0.5) is 13.2 Å². The van der Waals surface area contributed by atoms with E-state index in [0.29, 0.717) is 12.5 Å². The number of nitrogens with zero attached hydrogens (tertiary/aromatic N) is 2. The van der Waals surface area contributed by atoms with Crippen LogP contribution in [0, 0.1) is 0 Å². The number of piperazine rings is 1. The summed E-state index contributed by atoms with van der Waals surface area (Å²) in [7, 11) is -1.96. The molecule has 0 saturated carbocycles. The lowest BCUT2D eigenvalue weighted by Gasteiger charge is -2.32. The number of likely N-dealkylation sites (N-methyl/N-ethyl adjacent to an activating group) is 1. The second kappa shape index (κ2) is 8.22. The number of hydrogen-bond acceptors (Lipinski definition) is 4. The Morgan fingerprint density at radius 1 is 1.20 bits per heavy atom. The van der Waals surface area contributed by atoms with Crippen LogP contribution >= 0.6 is 11.6 Å². The molecule has 1 aliphatic rings. The third kappa shape index (κ3) is 5.82. The van der Waals surface area contributed by atoms with E-state index in [1.165, 1.54) is 0 Å². The maximum atomic E-state index is 12.8. The Hall–Kier alpha value is -0.870. The summed E-state index contributed by atoms with van der Waals surface area (Å²) in [5, 5.41) is -0.526. The molecule has 1 N–H and O–H groups in total. The maximum absolute atomic E-state index is 12.8. The van der Waals surface area contributed by atoms with Crippen molar-refractivity contribution in [1.29, 1.82) is 0 Å². The summed E-state index contributed by atoms with van der Waals surface area (Å²) in [5.41, 5.74) is -1.16. The molecule has 10 heteroatoms. The van der Waals surface area contributed by atoms with Crippen LogP contribution in [-0.4, -0.2) is 64.5 Å². The molecule has 142 valence electrons. The van der Waals surface area contributed by atoms with Crippen molar-refractivity contribution < 1.29 is 21.6 Å². The average molecular weight is 400 g/mol. The highest BCUT2D eigenvalue weighted by atomic mass is 35.5. The fourth-order valence-electron chi connectivity index (χ4n) is 2.55. The van der Waals surface area contributed by atoms with Gasteiger partial charge in [0, 0.05) is 32.7 Å². The van der Waals surface area contributed by atoms with E-state index in [-0.39, 0.29) is 6.54 Å². The third-order valence-corrected chi connectivity index (χ3v) is 5.88. The van der Waals surface area contributed by atoms with Crippen LogP contribution in [0.3, 0.4) is 0 Å². The molecule has 25 heavy (non-hydrogen) atoms. The lowest BCUT2D eigenvalue weighted by atomic mass is 10.2. The molecule has 0 spiro atoms.